The Morgan fingerprint density at radius 2 is 1.65 bits per heavy atom. The molecule has 0 aliphatic carbocycles. The number of hydrogen-bond donors (Lipinski definition) is 1. The van der Waals surface area contributed by atoms with Crippen molar-refractivity contribution in [3.8, 4) is 0 Å². The molecule has 1 saturated heterocycles. The Balaban J connectivity index is 1.96. The van der Waals surface area contributed by atoms with E-state index in [1.165, 1.54) is 71.1 Å². The Kier molecular flexibility index (Phi) is 9.54. The summed E-state index contributed by atoms with van der Waals surface area (Å²) in [5.74, 6) is 1.78. The predicted molar refractivity (Wildman–Crippen MR) is 90.2 cm³/mol. The Labute approximate surface area is 127 Å². The lowest BCUT2D eigenvalue weighted by molar-refractivity contribution is 0.169. The summed E-state index contributed by atoms with van der Waals surface area (Å²) >= 11 is 0. The highest BCUT2D eigenvalue weighted by Gasteiger charge is 2.22. The Hall–Kier alpha value is -0.0800. The number of likely N-dealkylation sites (tertiary alicyclic amines) is 1. The van der Waals surface area contributed by atoms with Crippen molar-refractivity contribution in [2.24, 2.45) is 11.8 Å². The fourth-order valence-electron chi connectivity index (χ4n) is 3.30. The first kappa shape index (κ1) is 18.0. The lowest BCUT2D eigenvalue weighted by Crippen LogP contribution is -2.42. The molecule has 1 atom stereocenters. The van der Waals surface area contributed by atoms with Gasteiger partial charge >= 0.3 is 0 Å². The van der Waals surface area contributed by atoms with Crippen LogP contribution in [-0.2, 0) is 0 Å². The quantitative estimate of drug-likeness (QED) is 0.601. The minimum Gasteiger partial charge on any atom is -0.314 e. The summed E-state index contributed by atoms with van der Waals surface area (Å²) < 4.78 is 0. The SMILES string of the molecule is CCN1CCC(C(C)NCCCCCCC(C)C)CC1. The van der Waals surface area contributed by atoms with Crippen LogP contribution in [0.1, 0.15) is 72.6 Å². The first-order chi connectivity index (χ1) is 9.63. The highest BCUT2D eigenvalue weighted by Crippen LogP contribution is 2.20. The van der Waals surface area contributed by atoms with E-state index < -0.39 is 0 Å². The highest BCUT2D eigenvalue weighted by atomic mass is 15.1. The molecule has 2 nitrogen and oxygen atoms in total. The van der Waals surface area contributed by atoms with Gasteiger partial charge in [0.25, 0.3) is 0 Å². The van der Waals surface area contributed by atoms with Crippen LogP contribution in [0.2, 0.25) is 0 Å². The largest absolute Gasteiger partial charge is 0.314 e. The molecule has 1 unspecified atom stereocenters. The van der Waals surface area contributed by atoms with Crippen molar-refractivity contribution in [2.45, 2.75) is 78.7 Å². The molecule has 120 valence electrons. The molecule has 0 aromatic carbocycles. The van der Waals surface area contributed by atoms with Gasteiger partial charge in [0.1, 0.15) is 0 Å². The molecule has 20 heavy (non-hydrogen) atoms. The Morgan fingerprint density at radius 3 is 2.25 bits per heavy atom. The summed E-state index contributed by atoms with van der Waals surface area (Å²) in [6, 6.07) is 0.713. The molecule has 0 aromatic heterocycles. The van der Waals surface area contributed by atoms with Gasteiger partial charge < -0.3 is 10.2 Å². The van der Waals surface area contributed by atoms with Crippen molar-refractivity contribution >= 4 is 0 Å². The normalized spacial score (nSPS) is 19.6. The number of unbranched alkanes of at least 4 members (excludes halogenated alkanes) is 3. The lowest BCUT2D eigenvalue weighted by Gasteiger charge is -2.34. The third kappa shape index (κ3) is 7.64. The van der Waals surface area contributed by atoms with E-state index in [0.717, 1.165) is 11.8 Å². The molecular formula is C18H38N2. The van der Waals surface area contributed by atoms with Crippen molar-refractivity contribution in [3.63, 3.8) is 0 Å². The smallest absolute Gasteiger partial charge is 0.00679 e. The summed E-state index contributed by atoms with van der Waals surface area (Å²) in [6.45, 7) is 14.4. The van der Waals surface area contributed by atoms with Crippen LogP contribution in [0.15, 0.2) is 0 Å². The molecule has 0 aromatic rings. The van der Waals surface area contributed by atoms with Gasteiger partial charge in [-0.15, -0.1) is 0 Å². The van der Waals surface area contributed by atoms with Crippen LogP contribution in [0.25, 0.3) is 0 Å². The predicted octanol–water partition coefficient (Wildman–Crippen LogP) is 4.30. The molecule has 0 amide bonds. The van der Waals surface area contributed by atoms with E-state index >= 15 is 0 Å². The standard InChI is InChI=1S/C18H38N2/c1-5-20-14-11-18(12-15-20)17(4)19-13-9-7-6-8-10-16(2)3/h16-19H,5-15H2,1-4H3. The average Bonchev–Trinajstić information content (AvgIpc) is 2.45. The number of rotatable bonds is 10. The Morgan fingerprint density at radius 1 is 1.00 bits per heavy atom. The lowest BCUT2D eigenvalue weighted by atomic mass is 9.90. The summed E-state index contributed by atoms with van der Waals surface area (Å²) in [7, 11) is 0. The van der Waals surface area contributed by atoms with Crippen LogP contribution in [0.4, 0.5) is 0 Å². The molecule has 2 heteroatoms. The summed E-state index contributed by atoms with van der Waals surface area (Å²) in [5, 5.41) is 3.77. The maximum absolute atomic E-state index is 3.77. The van der Waals surface area contributed by atoms with Gasteiger partial charge in [0.2, 0.25) is 0 Å². The summed E-state index contributed by atoms with van der Waals surface area (Å²) in [6.07, 6.45) is 9.77. The molecular weight excluding hydrogens is 244 g/mol. The van der Waals surface area contributed by atoms with Crippen molar-refractivity contribution in [3.05, 3.63) is 0 Å². The third-order valence-corrected chi connectivity index (χ3v) is 4.96. The maximum atomic E-state index is 3.77. The monoisotopic (exact) mass is 282 g/mol. The molecule has 1 aliphatic heterocycles. The van der Waals surface area contributed by atoms with E-state index in [4.69, 9.17) is 0 Å². The van der Waals surface area contributed by atoms with E-state index in [9.17, 15) is 0 Å². The minimum absolute atomic E-state index is 0.713. The van der Waals surface area contributed by atoms with Crippen LogP contribution in [0, 0.1) is 11.8 Å². The van der Waals surface area contributed by atoms with E-state index in [2.05, 4.69) is 37.9 Å². The van der Waals surface area contributed by atoms with Gasteiger partial charge in [0, 0.05) is 6.04 Å². The van der Waals surface area contributed by atoms with Crippen molar-refractivity contribution in [2.75, 3.05) is 26.2 Å². The summed E-state index contributed by atoms with van der Waals surface area (Å²) in [4.78, 5) is 2.58. The highest BCUT2D eigenvalue weighted by molar-refractivity contribution is 4.79. The molecule has 0 spiro atoms. The number of hydrogen-bond acceptors (Lipinski definition) is 2. The van der Waals surface area contributed by atoms with Crippen LogP contribution in [0.5, 0.6) is 0 Å². The zero-order chi connectivity index (χ0) is 14.8. The zero-order valence-electron chi connectivity index (χ0n) is 14.5. The van der Waals surface area contributed by atoms with Crippen LogP contribution in [0.3, 0.4) is 0 Å². The fourth-order valence-corrected chi connectivity index (χ4v) is 3.30. The van der Waals surface area contributed by atoms with Crippen molar-refractivity contribution in [1.82, 2.24) is 10.2 Å². The molecule has 0 radical (unpaired) electrons. The molecule has 1 N–H and O–H groups in total. The van der Waals surface area contributed by atoms with Crippen molar-refractivity contribution < 1.29 is 0 Å². The average molecular weight is 283 g/mol. The van der Waals surface area contributed by atoms with Gasteiger partial charge in [-0.25, -0.2) is 0 Å². The second-order valence-corrected chi connectivity index (χ2v) is 7.11. The van der Waals surface area contributed by atoms with Crippen molar-refractivity contribution in [1.29, 1.82) is 0 Å². The van der Waals surface area contributed by atoms with Gasteiger partial charge in [0.05, 0.1) is 0 Å². The number of piperidine rings is 1. The van der Waals surface area contributed by atoms with Gasteiger partial charge in [-0.2, -0.15) is 0 Å². The molecule has 1 heterocycles. The van der Waals surface area contributed by atoms with Gasteiger partial charge in [-0.3, -0.25) is 0 Å². The molecule has 1 fully saturated rings. The Bertz CT molecular complexity index is 219. The third-order valence-electron chi connectivity index (χ3n) is 4.96. The second kappa shape index (κ2) is 10.6. The second-order valence-electron chi connectivity index (χ2n) is 7.11. The van der Waals surface area contributed by atoms with Crippen LogP contribution in [-0.4, -0.2) is 37.1 Å². The summed E-state index contributed by atoms with van der Waals surface area (Å²) in [5.41, 5.74) is 0. The number of nitrogens with zero attached hydrogens (tertiary/aromatic N) is 1. The van der Waals surface area contributed by atoms with E-state index in [0.29, 0.717) is 6.04 Å². The van der Waals surface area contributed by atoms with E-state index in [-0.39, 0.29) is 0 Å². The first-order valence-electron chi connectivity index (χ1n) is 9.09. The zero-order valence-corrected chi connectivity index (χ0v) is 14.5. The molecule has 1 rings (SSSR count). The minimum atomic E-state index is 0.713. The van der Waals surface area contributed by atoms with E-state index in [1.807, 2.05) is 0 Å². The van der Waals surface area contributed by atoms with Gasteiger partial charge in [-0.05, 0) is 64.2 Å². The first-order valence-corrected chi connectivity index (χ1v) is 9.09. The van der Waals surface area contributed by atoms with Crippen LogP contribution < -0.4 is 5.32 Å². The topological polar surface area (TPSA) is 15.3 Å². The van der Waals surface area contributed by atoms with Crippen LogP contribution >= 0.6 is 0 Å². The maximum Gasteiger partial charge on any atom is 0.00679 e. The molecule has 0 bridgehead atoms. The van der Waals surface area contributed by atoms with Gasteiger partial charge in [-0.1, -0.05) is 46.5 Å². The molecule has 1 aliphatic rings. The number of nitrogens with one attached hydrogen (secondary N) is 1. The molecule has 0 saturated carbocycles. The fraction of sp³-hybridized carbons (Fsp3) is 1.00. The van der Waals surface area contributed by atoms with E-state index in [1.54, 1.807) is 0 Å². The van der Waals surface area contributed by atoms with Gasteiger partial charge in [0.15, 0.2) is 0 Å².